The molecule has 3 nitrogen and oxygen atoms in total. The predicted molar refractivity (Wildman–Crippen MR) is 71.0 cm³/mol. The Balaban J connectivity index is 1.90. The molecule has 2 rings (SSSR count). The summed E-state index contributed by atoms with van der Waals surface area (Å²) in [4.78, 5) is 0. The number of hydrogen-bond acceptors (Lipinski definition) is 3. The van der Waals surface area contributed by atoms with Crippen LogP contribution < -0.4 is 5.32 Å². The van der Waals surface area contributed by atoms with Crippen molar-refractivity contribution in [1.82, 2.24) is 5.32 Å². The monoisotopic (exact) mass is 262 g/mol. The van der Waals surface area contributed by atoms with E-state index in [1.54, 1.807) is 6.07 Å². The quantitative estimate of drug-likeness (QED) is 0.907. The molecule has 0 radical (unpaired) electrons. The van der Waals surface area contributed by atoms with E-state index in [4.69, 9.17) is 10.00 Å². The van der Waals surface area contributed by atoms with Crippen LogP contribution >= 0.6 is 0 Å². The van der Waals surface area contributed by atoms with Crippen LogP contribution in [0.1, 0.15) is 30.9 Å². The van der Waals surface area contributed by atoms with Crippen LogP contribution in [-0.2, 0) is 11.3 Å². The van der Waals surface area contributed by atoms with Crippen molar-refractivity contribution in [3.8, 4) is 6.07 Å². The minimum atomic E-state index is -0.261. The van der Waals surface area contributed by atoms with E-state index in [2.05, 4.69) is 12.2 Å². The van der Waals surface area contributed by atoms with Crippen LogP contribution in [0.3, 0.4) is 0 Å². The predicted octanol–water partition coefficient (Wildman–Crippen LogP) is 2.60. The van der Waals surface area contributed by atoms with Gasteiger partial charge in [0.15, 0.2) is 0 Å². The van der Waals surface area contributed by atoms with E-state index in [0.29, 0.717) is 17.7 Å². The zero-order chi connectivity index (χ0) is 13.7. The van der Waals surface area contributed by atoms with Gasteiger partial charge in [0, 0.05) is 31.9 Å². The summed E-state index contributed by atoms with van der Waals surface area (Å²) in [7, 11) is 0. The topological polar surface area (TPSA) is 45.0 Å². The summed E-state index contributed by atoms with van der Waals surface area (Å²) < 4.78 is 19.0. The van der Waals surface area contributed by atoms with Gasteiger partial charge in [-0.3, -0.25) is 0 Å². The van der Waals surface area contributed by atoms with E-state index in [1.165, 1.54) is 12.1 Å². The number of benzene rings is 1. The fourth-order valence-corrected chi connectivity index (χ4v) is 2.32. The molecule has 1 heterocycles. The molecule has 0 saturated carbocycles. The van der Waals surface area contributed by atoms with Crippen molar-refractivity contribution >= 4 is 0 Å². The third-order valence-electron chi connectivity index (χ3n) is 3.74. The standard InChI is InChI=1S/C15H19FN2O/c1-15(4-6-19-7-5-15)11-18-10-13-8-12(9-17)2-3-14(13)16/h2-3,8,18H,4-7,10-11H2,1H3. The fourth-order valence-electron chi connectivity index (χ4n) is 2.32. The Morgan fingerprint density at radius 1 is 1.42 bits per heavy atom. The molecule has 0 aliphatic carbocycles. The van der Waals surface area contributed by atoms with Crippen molar-refractivity contribution < 1.29 is 9.13 Å². The third kappa shape index (κ3) is 3.76. The Morgan fingerprint density at radius 3 is 2.84 bits per heavy atom. The third-order valence-corrected chi connectivity index (χ3v) is 3.74. The lowest BCUT2D eigenvalue weighted by molar-refractivity contribution is 0.0240. The summed E-state index contributed by atoms with van der Waals surface area (Å²) in [5, 5.41) is 12.1. The van der Waals surface area contributed by atoms with Gasteiger partial charge in [-0.15, -0.1) is 0 Å². The Morgan fingerprint density at radius 2 is 2.16 bits per heavy atom. The summed E-state index contributed by atoms with van der Waals surface area (Å²) in [6.45, 7) is 5.13. The number of rotatable bonds is 4. The van der Waals surface area contributed by atoms with E-state index in [9.17, 15) is 4.39 Å². The van der Waals surface area contributed by atoms with Gasteiger partial charge >= 0.3 is 0 Å². The molecule has 19 heavy (non-hydrogen) atoms. The van der Waals surface area contributed by atoms with Crippen LogP contribution in [0, 0.1) is 22.6 Å². The zero-order valence-electron chi connectivity index (χ0n) is 11.2. The maximum atomic E-state index is 13.6. The Bertz CT molecular complexity index is 476. The zero-order valence-corrected chi connectivity index (χ0v) is 11.2. The molecule has 0 bridgehead atoms. The summed E-state index contributed by atoms with van der Waals surface area (Å²) in [5.41, 5.74) is 1.27. The molecule has 1 N–H and O–H groups in total. The molecule has 0 unspecified atom stereocenters. The average molecular weight is 262 g/mol. The lowest BCUT2D eigenvalue weighted by Gasteiger charge is -2.33. The number of ether oxygens (including phenoxy) is 1. The molecule has 1 aromatic carbocycles. The lowest BCUT2D eigenvalue weighted by Crippen LogP contribution is -2.36. The first-order valence-electron chi connectivity index (χ1n) is 6.60. The lowest BCUT2D eigenvalue weighted by atomic mass is 9.82. The van der Waals surface area contributed by atoms with E-state index in [-0.39, 0.29) is 11.2 Å². The normalized spacial score (nSPS) is 17.9. The summed E-state index contributed by atoms with van der Waals surface area (Å²) in [6.07, 6.45) is 2.06. The van der Waals surface area contributed by atoms with Crippen molar-refractivity contribution in [2.24, 2.45) is 5.41 Å². The highest BCUT2D eigenvalue weighted by molar-refractivity contribution is 5.33. The van der Waals surface area contributed by atoms with Crippen molar-refractivity contribution in [3.05, 3.63) is 35.1 Å². The summed E-state index contributed by atoms with van der Waals surface area (Å²) in [6, 6.07) is 6.49. The van der Waals surface area contributed by atoms with Crippen LogP contribution in [0.5, 0.6) is 0 Å². The molecule has 1 aliphatic heterocycles. The highest BCUT2D eigenvalue weighted by Crippen LogP contribution is 2.28. The molecular formula is C15H19FN2O. The highest BCUT2D eigenvalue weighted by Gasteiger charge is 2.26. The molecule has 0 aromatic heterocycles. The van der Waals surface area contributed by atoms with Gasteiger partial charge in [0.2, 0.25) is 0 Å². The molecule has 1 aliphatic rings. The molecule has 1 saturated heterocycles. The van der Waals surface area contributed by atoms with Crippen molar-refractivity contribution in [2.45, 2.75) is 26.3 Å². The van der Waals surface area contributed by atoms with Gasteiger partial charge in [0.1, 0.15) is 5.82 Å². The Hall–Kier alpha value is -1.44. The summed E-state index contributed by atoms with van der Waals surface area (Å²) in [5.74, 6) is -0.261. The van der Waals surface area contributed by atoms with Gasteiger partial charge in [-0.2, -0.15) is 5.26 Å². The molecule has 0 amide bonds. The Kier molecular flexibility index (Phi) is 4.52. The minimum absolute atomic E-state index is 0.224. The molecule has 0 atom stereocenters. The first-order chi connectivity index (χ1) is 9.13. The van der Waals surface area contributed by atoms with Crippen LogP contribution in [0.4, 0.5) is 4.39 Å². The van der Waals surface area contributed by atoms with E-state index < -0.39 is 0 Å². The number of hydrogen-bond donors (Lipinski definition) is 1. The summed E-state index contributed by atoms with van der Waals surface area (Å²) >= 11 is 0. The van der Waals surface area contributed by atoms with Gasteiger partial charge in [-0.05, 0) is 36.5 Å². The average Bonchev–Trinajstić information content (AvgIpc) is 2.41. The number of nitriles is 1. The van der Waals surface area contributed by atoms with Crippen molar-refractivity contribution in [1.29, 1.82) is 5.26 Å². The van der Waals surface area contributed by atoms with Crippen molar-refractivity contribution in [2.75, 3.05) is 19.8 Å². The first kappa shape index (κ1) is 14.0. The smallest absolute Gasteiger partial charge is 0.127 e. The van der Waals surface area contributed by atoms with Gasteiger partial charge in [-0.25, -0.2) is 4.39 Å². The Labute approximate surface area is 113 Å². The van der Waals surface area contributed by atoms with E-state index in [0.717, 1.165) is 32.6 Å². The number of nitrogens with one attached hydrogen (secondary N) is 1. The second-order valence-corrected chi connectivity index (χ2v) is 5.44. The van der Waals surface area contributed by atoms with Crippen molar-refractivity contribution in [3.63, 3.8) is 0 Å². The molecule has 102 valence electrons. The molecule has 4 heteroatoms. The van der Waals surface area contributed by atoms with Gasteiger partial charge in [-0.1, -0.05) is 6.92 Å². The number of halogens is 1. The molecule has 1 aromatic rings. The fraction of sp³-hybridized carbons (Fsp3) is 0.533. The molecule has 0 spiro atoms. The minimum Gasteiger partial charge on any atom is -0.381 e. The van der Waals surface area contributed by atoms with Gasteiger partial charge < -0.3 is 10.1 Å². The van der Waals surface area contributed by atoms with Gasteiger partial charge in [0.05, 0.1) is 11.6 Å². The van der Waals surface area contributed by atoms with Crippen LogP contribution in [0.25, 0.3) is 0 Å². The largest absolute Gasteiger partial charge is 0.381 e. The first-order valence-corrected chi connectivity index (χ1v) is 6.60. The van der Waals surface area contributed by atoms with Gasteiger partial charge in [0.25, 0.3) is 0 Å². The highest BCUT2D eigenvalue weighted by atomic mass is 19.1. The maximum Gasteiger partial charge on any atom is 0.127 e. The second kappa shape index (κ2) is 6.14. The van der Waals surface area contributed by atoms with Crippen LogP contribution in [0.2, 0.25) is 0 Å². The number of nitrogens with zero attached hydrogens (tertiary/aromatic N) is 1. The van der Waals surface area contributed by atoms with Crippen LogP contribution in [0.15, 0.2) is 18.2 Å². The second-order valence-electron chi connectivity index (χ2n) is 5.44. The maximum absolute atomic E-state index is 13.6. The molecule has 1 fully saturated rings. The van der Waals surface area contributed by atoms with Crippen LogP contribution in [-0.4, -0.2) is 19.8 Å². The van der Waals surface area contributed by atoms with E-state index >= 15 is 0 Å². The molecular weight excluding hydrogens is 243 g/mol. The van der Waals surface area contributed by atoms with E-state index in [1.807, 2.05) is 6.07 Å². The SMILES string of the molecule is CC1(CNCc2cc(C#N)ccc2F)CCOCC1.